The third-order valence-electron chi connectivity index (χ3n) is 2.41. The summed E-state index contributed by atoms with van der Waals surface area (Å²) >= 11 is 0. The Balaban J connectivity index is 2.79. The summed E-state index contributed by atoms with van der Waals surface area (Å²) in [6.45, 7) is 5.61. The second kappa shape index (κ2) is 4.12. The Morgan fingerprint density at radius 1 is 1.21 bits per heavy atom. The highest BCUT2D eigenvalue weighted by Gasteiger charge is 2.49. The third-order valence-corrected chi connectivity index (χ3v) is 2.41. The van der Waals surface area contributed by atoms with Gasteiger partial charge in [-0.15, -0.1) is 0 Å². The first-order valence-electron chi connectivity index (χ1n) is 4.73. The average molecular weight is 206 g/mol. The van der Waals surface area contributed by atoms with E-state index in [9.17, 15) is 15.3 Å². The van der Waals surface area contributed by atoms with E-state index in [1.807, 2.05) is 0 Å². The highest BCUT2D eigenvalue weighted by Crippen LogP contribution is 2.30. The SMILES string of the molecule is CCO[C@@H]1[C@@H](O)[C@@H](O)C(O)OC1(C)C. The van der Waals surface area contributed by atoms with Crippen LogP contribution in [0.4, 0.5) is 0 Å². The number of aliphatic hydroxyl groups is 3. The van der Waals surface area contributed by atoms with Crippen molar-refractivity contribution >= 4 is 0 Å². The van der Waals surface area contributed by atoms with Gasteiger partial charge >= 0.3 is 0 Å². The molecule has 0 radical (unpaired) electrons. The minimum absolute atomic E-state index is 0.414. The molecule has 84 valence electrons. The summed E-state index contributed by atoms with van der Waals surface area (Å²) in [6, 6.07) is 0. The number of ether oxygens (including phenoxy) is 2. The van der Waals surface area contributed by atoms with Crippen molar-refractivity contribution in [3.05, 3.63) is 0 Å². The van der Waals surface area contributed by atoms with Crippen molar-refractivity contribution in [1.82, 2.24) is 0 Å². The predicted molar refractivity (Wildman–Crippen MR) is 48.6 cm³/mol. The number of rotatable bonds is 2. The molecule has 5 nitrogen and oxygen atoms in total. The molecule has 4 atom stereocenters. The van der Waals surface area contributed by atoms with E-state index in [-0.39, 0.29) is 0 Å². The summed E-state index contributed by atoms with van der Waals surface area (Å²) < 4.78 is 10.4. The minimum atomic E-state index is -1.36. The zero-order chi connectivity index (χ0) is 10.9. The molecule has 0 aromatic heterocycles. The lowest BCUT2D eigenvalue weighted by molar-refractivity contribution is -0.317. The molecule has 0 bridgehead atoms. The maximum atomic E-state index is 9.66. The number of hydrogen-bond donors (Lipinski definition) is 3. The molecular formula is C9H18O5. The van der Waals surface area contributed by atoms with E-state index >= 15 is 0 Å². The fourth-order valence-electron chi connectivity index (χ4n) is 1.69. The van der Waals surface area contributed by atoms with E-state index in [2.05, 4.69) is 0 Å². The largest absolute Gasteiger partial charge is 0.387 e. The van der Waals surface area contributed by atoms with Crippen LogP contribution in [0.2, 0.25) is 0 Å². The summed E-state index contributed by atoms with van der Waals surface area (Å²) in [5, 5.41) is 28.3. The molecule has 1 heterocycles. The molecule has 14 heavy (non-hydrogen) atoms. The smallest absolute Gasteiger partial charge is 0.184 e. The van der Waals surface area contributed by atoms with E-state index in [1.54, 1.807) is 20.8 Å². The normalized spacial score (nSPS) is 42.4. The molecular weight excluding hydrogens is 188 g/mol. The van der Waals surface area contributed by atoms with Gasteiger partial charge in [0.1, 0.15) is 18.3 Å². The molecule has 1 aliphatic rings. The first kappa shape index (κ1) is 11.9. The van der Waals surface area contributed by atoms with E-state index in [4.69, 9.17) is 9.47 Å². The zero-order valence-electron chi connectivity index (χ0n) is 8.67. The van der Waals surface area contributed by atoms with E-state index in [1.165, 1.54) is 0 Å². The van der Waals surface area contributed by atoms with Crippen LogP contribution < -0.4 is 0 Å². The van der Waals surface area contributed by atoms with Crippen LogP contribution in [-0.4, -0.2) is 52.1 Å². The van der Waals surface area contributed by atoms with Gasteiger partial charge < -0.3 is 24.8 Å². The summed E-state index contributed by atoms with van der Waals surface area (Å²) in [4.78, 5) is 0. The molecule has 0 aliphatic carbocycles. The van der Waals surface area contributed by atoms with Crippen molar-refractivity contribution in [2.75, 3.05) is 6.61 Å². The van der Waals surface area contributed by atoms with Gasteiger partial charge in [0.25, 0.3) is 0 Å². The van der Waals surface area contributed by atoms with E-state index in [0.29, 0.717) is 6.61 Å². The zero-order valence-corrected chi connectivity index (χ0v) is 8.67. The lowest BCUT2D eigenvalue weighted by atomic mass is 9.90. The first-order chi connectivity index (χ1) is 6.40. The van der Waals surface area contributed by atoms with Crippen molar-refractivity contribution in [3.63, 3.8) is 0 Å². The highest BCUT2D eigenvalue weighted by molar-refractivity contribution is 4.95. The van der Waals surface area contributed by atoms with Gasteiger partial charge in [0.2, 0.25) is 0 Å². The van der Waals surface area contributed by atoms with Crippen molar-refractivity contribution in [1.29, 1.82) is 0 Å². The third kappa shape index (κ3) is 2.07. The van der Waals surface area contributed by atoms with Gasteiger partial charge in [-0.05, 0) is 20.8 Å². The molecule has 1 saturated heterocycles. The fraction of sp³-hybridized carbons (Fsp3) is 1.00. The van der Waals surface area contributed by atoms with Crippen LogP contribution in [0.25, 0.3) is 0 Å². The Labute approximate surface area is 83.3 Å². The van der Waals surface area contributed by atoms with Crippen molar-refractivity contribution < 1.29 is 24.8 Å². The second-order valence-electron chi connectivity index (χ2n) is 3.97. The van der Waals surface area contributed by atoms with Crippen LogP contribution in [0.1, 0.15) is 20.8 Å². The molecule has 5 heteroatoms. The first-order valence-corrected chi connectivity index (χ1v) is 4.73. The molecule has 0 aromatic carbocycles. The van der Waals surface area contributed by atoms with Crippen molar-refractivity contribution in [2.24, 2.45) is 0 Å². The van der Waals surface area contributed by atoms with Crippen LogP contribution in [0, 0.1) is 0 Å². The molecule has 1 aliphatic heterocycles. The van der Waals surface area contributed by atoms with Crippen LogP contribution in [0.5, 0.6) is 0 Å². The summed E-state index contributed by atoms with van der Waals surface area (Å²) in [7, 11) is 0. The Bertz CT molecular complexity index is 194. The Hall–Kier alpha value is -0.200. The molecule has 1 unspecified atom stereocenters. The quantitative estimate of drug-likeness (QED) is 0.553. The topological polar surface area (TPSA) is 79.2 Å². The van der Waals surface area contributed by atoms with Crippen molar-refractivity contribution in [3.8, 4) is 0 Å². The van der Waals surface area contributed by atoms with Crippen LogP contribution in [0.15, 0.2) is 0 Å². The van der Waals surface area contributed by atoms with Crippen LogP contribution in [-0.2, 0) is 9.47 Å². The van der Waals surface area contributed by atoms with Gasteiger partial charge in [-0.2, -0.15) is 0 Å². The molecule has 0 saturated carbocycles. The van der Waals surface area contributed by atoms with E-state index < -0.39 is 30.2 Å². The van der Waals surface area contributed by atoms with Gasteiger partial charge in [0, 0.05) is 6.61 Å². The monoisotopic (exact) mass is 206 g/mol. The molecule has 0 amide bonds. The Morgan fingerprint density at radius 3 is 2.29 bits per heavy atom. The van der Waals surface area contributed by atoms with Crippen molar-refractivity contribution in [2.45, 2.75) is 51.0 Å². The maximum Gasteiger partial charge on any atom is 0.184 e. The van der Waals surface area contributed by atoms with Gasteiger partial charge in [-0.3, -0.25) is 0 Å². The van der Waals surface area contributed by atoms with Gasteiger partial charge in [0.15, 0.2) is 6.29 Å². The van der Waals surface area contributed by atoms with Gasteiger partial charge in [0.05, 0.1) is 5.60 Å². The maximum absolute atomic E-state index is 9.66. The van der Waals surface area contributed by atoms with Crippen LogP contribution in [0.3, 0.4) is 0 Å². The molecule has 0 spiro atoms. The highest BCUT2D eigenvalue weighted by atomic mass is 16.7. The number of aliphatic hydroxyl groups excluding tert-OH is 3. The standard InChI is InChI=1S/C9H18O5/c1-4-13-7-5(10)6(11)8(12)14-9(7,2)3/h5-8,10-12H,4H2,1-3H3/t5-,6+,7+,8?/m0/s1. The number of hydrogen-bond acceptors (Lipinski definition) is 5. The van der Waals surface area contributed by atoms with Crippen LogP contribution >= 0.6 is 0 Å². The molecule has 1 fully saturated rings. The lowest BCUT2D eigenvalue weighted by Gasteiger charge is -2.45. The lowest BCUT2D eigenvalue weighted by Crippen LogP contribution is -2.62. The Morgan fingerprint density at radius 2 is 1.79 bits per heavy atom. The summed E-state index contributed by atoms with van der Waals surface area (Å²) in [5.41, 5.74) is -0.811. The summed E-state index contributed by atoms with van der Waals surface area (Å²) in [6.07, 6.45) is -4.45. The molecule has 0 aromatic rings. The molecule has 1 rings (SSSR count). The molecule has 3 N–H and O–H groups in total. The average Bonchev–Trinajstić information content (AvgIpc) is 2.08. The predicted octanol–water partition coefficient (Wildman–Crippen LogP) is -0.760. The second-order valence-corrected chi connectivity index (χ2v) is 3.97. The minimum Gasteiger partial charge on any atom is -0.387 e. The summed E-state index contributed by atoms with van der Waals surface area (Å²) in [5.74, 6) is 0. The van der Waals surface area contributed by atoms with Gasteiger partial charge in [-0.25, -0.2) is 0 Å². The van der Waals surface area contributed by atoms with Gasteiger partial charge in [-0.1, -0.05) is 0 Å². The fourth-order valence-corrected chi connectivity index (χ4v) is 1.69. The Kier molecular flexibility index (Phi) is 3.49. The van der Waals surface area contributed by atoms with E-state index in [0.717, 1.165) is 0 Å².